The summed E-state index contributed by atoms with van der Waals surface area (Å²) < 4.78 is 11.4. The zero-order valence-corrected chi connectivity index (χ0v) is 13.0. The molecule has 1 aromatic heterocycles. The van der Waals surface area contributed by atoms with Crippen LogP contribution in [0.4, 0.5) is 0 Å². The number of nitrogens with zero attached hydrogens (tertiary/aromatic N) is 1. The van der Waals surface area contributed by atoms with Crippen molar-refractivity contribution < 1.29 is 9.47 Å². The predicted octanol–water partition coefficient (Wildman–Crippen LogP) is 4.09. The lowest BCUT2D eigenvalue weighted by Crippen LogP contribution is -2.12. The van der Waals surface area contributed by atoms with Gasteiger partial charge in [-0.15, -0.1) is 0 Å². The van der Waals surface area contributed by atoms with Crippen LogP contribution in [0.25, 0.3) is 10.8 Å². The lowest BCUT2D eigenvalue weighted by atomic mass is 10.0. The van der Waals surface area contributed by atoms with Crippen LogP contribution in [0.15, 0.2) is 48.9 Å². The SMILES string of the molecule is COc1ccc2cc(C(OC(C)C)c3cnc[nH]3)ccc2c1. The van der Waals surface area contributed by atoms with Crippen LogP contribution in [-0.4, -0.2) is 23.2 Å². The maximum absolute atomic E-state index is 6.08. The summed E-state index contributed by atoms with van der Waals surface area (Å²) in [6, 6.07) is 12.4. The van der Waals surface area contributed by atoms with E-state index < -0.39 is 0 Å². The van der Waals surface area contributed by atoms with Gasteiger partial charge in [0.05, 0.1) is 31.4 Å². The second-order valence-electron chi connectivity index (χ2n) is 5.54. The van der Waals surface area contributed by atoms with E-state index in [1.165, 1.54) is 0 Å². The second-order valence-corrected chi connectivity index (χ2v) is 5.54. The maximum atomic E-state index is 6.08. The quantitative estimate of drug-likeness (QED) is 0.771. The summed E-state index contributed by atoms with van der Waals surface area (Å²) >= 11 is 0. The summed E-state index contributed by atoms with van der Waals surface area (Å²) in [7, 11) is 1.68. The summed E-state index contributed by atoms with van der Waals surface area (Å²) in [6.07, 6.45) is 3.47. The topological polar surface area (TPSA) is 47.1 Å². The Bertz CT molecular complexity index is 751. The van der Waals surface area contributed by atoms with E-state index in [2.05, 4.69) is 34.2 Å². The van der Waals surface area contributed by atoms with Crippen molar-refractivity contribution >= 4 is 10.8 Å². The van der Waals surface area contributed by atoms with Gasteiger partial charge in [0.25, 0.3) is 0 Å². The van der Waals surface area contributed by atoms with Gasteiger partial charge in [-0.25, -0.2) is 4.98 Å². The highest BCUT2D eigenvalue weighted by Crippen LogP contribution is 2.29. The van der Waals surface area contributed by atoms with Crippen molar-refractivity contribution in [1.82, 2.24) is 9.97 Å². The Morgan fingerprint density at radius 3 is 2.50 bits per heavy atom. The highest BCUT2D eigenvalue weighted by atomic mass is 16.5. The van der Waals surface area contributed by atoms with Crippen LogP contribution >= 0.6 is 0 Å². The molecule has 0 amide bonds. The largest absolute Gasteiger partial charge is 0.497 e. The molecule has 0 aliphatic heterocycles. The van der Waals surface area contributed by atoms with Crippen molar-refractivity contribution in [2.45, 2.75) is 26.1 Å². The van der Waals surface area contributed by atoms with Gasteiger partial charge in [-0.2, -0.15) is 0 Å². The zero-order valence-electron chi connectivity index (χ0n) is 13.0. The average Bonchev–Trinajstić information content (AvgIpc) is 3.05. The van der Waals surface area contributed by atoms with E-state index in [-0.39, 0.29) is 12.2 Å². The highest BCUT2D eigenvalue weighted by molar-refractivity contribution is 5.84. The number of hydrogen-bond acceptors (Lipinski definition) is 3. The van der Waals surface area contributed by atoms with Crippen molar-refractivity contribution in [3.8, 4) is 5.75 Å². The summed E-state index contributed by atoms with van der Waals surface area (Å²) in [4.78, 5) is 7.26. The van der Waals surface area contributed by atoms with Crippen LogP contribution in [0.3, 0.4) is 0 Å². The number of methoxy groups -OCH3 is 1. The number of rotatable bonds is 5. The van der Waals surface area contributed by atoms with E-state index in [0.29, 0.717) is 0 Å². The zero-order chi connectivity index (χ0) is 15.5. The molecule has 2 aromatic carbocycles. The molecule has 0 bridgehead atoms. The molecular formula is C18H20N2O2. The summed E-state index contributed by atoms with van der Waals surface area (Å²) in [5.74, 6) is 0.865. The molecule has 1 N–H and O–H groups in total. The molecule has 114 valence electrons. The first-order valence-corrected chi connectivity index (χ1v) is 7.39. The van der Waals surface area contributed by atoms with E-state index in [1.54, 1.807) is 13.4 Å². The minimum atomic E-state index is -0.144. The Hall–Kier alpha value is -2.33. The molecule has 0 saturated carbocycles. The Balaban J connectivity index is 2.02. The molecule has 4 nitrogen and oxygen atoms in total. The first kappa shape index (κ1) is 14.6. The second kappa shape index (κ2) is 6.20. The Morgan fingerprint density at radius 2 is 1.82 bits per heavy atom. The lowest BCUT2D eigenvalue weighted by molar-refractivity contribution is 0.0283. The molecule has 0 fully saturated rings. The van der Waals surface area contributed by atoms with Crippen LogP contribution in [0.5, 0.6) is 5.75 Å². The van der Waals surface area contributed by atoms with Gasteiger partial charge >= 0.3 is 0 Å². The van der Waals surface area contributed by atoms with E-state index in [9.17, 15) is 0 Å². The van der Waals surface area contributed by atoms with Gasteiger partial charge in [0, 0.05) is 0 Å². The number of H-pyrrole nitrogens is 1. The molecule has 1 heterocycles. The Labute approximate surface area is 130 Å². The Kier molecular flexibility index (Phi) is 4.11. The van der Waals surface area contributed by atoms with Crippen LogP contribution < -0.4 is 4.74 Å². The molecular weight excluding hydrogens is 276 g/mol. The van der Waals surface area contributed by atoms with Gasteiger partial charge in [0.1, 0.15) is 11.9 Å². The standard InChI is InChI=1S/C18H20N2O2/c1-12(2)22-18(17-10-19-11-20-17)15-5-4-14-9-16(21-3)7-6-13(14)8-15/h4-12,18H,1-3H3,(H,19,20). The third-order valence-corrected chi connectivity index (χ3v) is 3.58. The average molecular weight is 296 g/mol. The number of benzene rings is 2. The van der Waals surface area contributed by atoms with E-state index in [4.69, 9.17) is 9.47 Å². The molecule has 0 radical (unpaired) electrons. The number of nitrogens with one attached hydrogen (secondary N) is 1. The van der Waals surface area contributed by atoms with E-state index >= 15 is 0 Å². The smallest absolute Gasteiger partial charge is 0.124 e. The molecule has 3 rings (SSSR count). The van der Waals surface area contributed by atoms with Gasteiger partial charge in [-0.1, -0.05) is 18.2 Å². The molecule has 0 spiro atoms. The third kappa shape index (κ3) is 2.97. The van der Waals surface area contributed by atoms with Crippen molar-refractivity contribution in [2.75, 3.05) is 7.11 Å². The van der Waals surface area contributed by atoms with Crippen molar-refractivity contribution in [1.29, 1.82) is 0 Å². The van der Waals surface area contributed by atoms with Gasteiger partial charge < -0.3 is 14.5 Å². The first-order chi connectivity index (χ1) is 10.7. The first-order valence-electron chi connectivity index (χ1n) is 7.39. The molecule has 0 saturated heterocycles. The van der Waals surface area contributed by atoms with Gasteiger partial charge in [0.15, 0.2) is 0 Å². The van der Waals surface area contributed by atoms with Gasteiger partial charge in [0.2, 0.25) is 0 Å². The monoisotopic (exact) mass is 296 g/mol. The predicted molar refractivity (Wildman–Crippen MR) is 87.2 cm³/mol. The molecule has 1 unspecified atom stereocenters. The van der Waals surface area contributed by atoms with Crippen LogP contribution in [0, 0.1) is 0 Å². The fraction of sp³-hybridized carbons (Fsp3) is 0.278. The van der Waals surface area contributed by atoms with Crippen LogP contribution in [0.1, 0.15) is 31.2 Å². The van der Waals surface area contributed by atoms with Gasteiger partial charge in [-0.3, -0.25) is 0 Å². The third-order valence-electron chi connectivity index (χ3n) is 3.58. The molecule has 4 heteroatoms. The number of imidazole rings is 1. The normalized spacial score (nSPS) is 12.7. The Morgan fingerprint density at radius 1 is 1.05 bits per heavy atom. The van der Waals surface area contributed by atoms with Crippen molar-refractivity contribution in [3.63, 3.8) is 0 Å². The molecule has 3 aromatic rings. The minimum absolute atomic E-state index is 0.125. The number of ether oxygens (including phenoxy) is 2. The molecule has 22 heavy (non-hydrogen) atoms. The fourth-order valence-corrected chi connectivity index (χ4v) is 2.55. The number of aromatic nitrogens is 2. The van der Waals surface area contributed by atoms with Crippen LogP contribution in [0.2, 0.25) is 0 Å². The van der Waals surface area contributed by atoms with Gasteiger partial charge in [-0.05, 0) is 48.4 Å². The maximum Gasteiger partial charge on any atom is 0.124 e. The number of hydrogen-bond donors (Lipinski definition) is 1. The lowest BCUT2D eigenvalue weighted by Gasteiger charge is -2.20. The summed E-state index contributed by atoms with van der Waals surface area (Å²) in [5, 5.41) is 2.31. The van der Waals surface area contributed by atoms with E-state index in [1.807, 2.05) is 32.2 Å². The van der Waals surface area contributed by atoms with Crippen LogP contribution in [-0.2, 0) is 4.74 Å². The van der Waals surface area contributed by atoms with Crippen molar-refractivity contribution in [2.24, 2.45) is 0 Å². The minimum Gasteiger partial charge on any atom is -0.497 e. The fourth-order valence-electron chi connectivity index (χ4n) is 2.55. The number of fused-ring (bicyclic) bond motifs is 1. The summed E-state index contributed by atoms with van der Waals surface area (Å²) in [5.41, 5.74) is 2.07. The number of aromatic amines is 1. The van der Waals surface area contributed by atoms with Crippen molar-refractivity contribution in [3.05, 3.63) is 60.2 Å². The van der Waals surface area contributed by atoms with E-state index in [0.717, 1.165) is 27.8 Å². The molecule has 1 atom stereocenters. The molecule has 0 aliphatic rings. The highest BCUT2D eigenvalue weighted by Gasteiger charge is 2.18. The molecule has 0 aliphatic carbocycles. The summed E-state index contributed by atoms with van der Waals surface area (Å²) in [6.45, 7) is 4.07.